The number of aryl methyl sites for hydroxylation is 2. The fraction of sp³-hybridized carbons (Fsp3) is 0.176. The van der Waals surface area contributed by atoms with E-state index in [2.05, 4.69) is 0 Å². The number of carbonyl (C=O) groups excluding carboxylic acids is 2. The van der Waals surface area contributed by atoms with Crippen molar-refractivity contribution in [1.82, 2.24) is 0 Å². The van der Waals surface area contributed by atoms with Crippen LogP contribution in [0.25, 0.3) is 0 Å². The maximum absolute atomic E-state index is 12.6. The first-order valence-corrected chi connectivity index (χ1v) is 6.46. The van der Waals surface area contributed by atoms with E-state index in [4.69, 9.17) is 0 Å². The minimum absolute atomic E-state index is 0.0225. The summed E-state index contributed by atoms with van der Waals surface area (Å²) >= 11 is 0. The van der Waals surface area contributed by atoms with Crippen LogP contribution in [-0.2, 0) is 6.42 Å². The van der Waals surface area contributed by atoms with E-state index in [1.165, 1.54) is 0 Å². The molecule has 1 aliphatic rings. The van der Waals surface area contributed by atoms with E-state index in [0.717, 1.165) is 17.5 Å². The summed E-state index contributed by atoms with van der Waals surface area (Å²) in [5.41, 5.74) is 4.07. The summed E-state index contributed by atoms with van der Waals surface area (Å²) in [6.07, 6.45) is 0.754. The number of carbonyl (C=O) groups is 2. The summed E-state index contributed by atoms with van der Waals surface area (Å²) in [6, 6.07) is 10.9. The molecule has 0 aromatic heterocycles. The molecule has 0 N–H and O–H groups in total. The Labute approximate surface area is 112 Å². The summed E-state index contributed by atoms with van der Waals surface area (Å²) < 4.78 is 0. The van der Waals surface area contributed by atoms with Gasteiger partial charge in [0.1, 0.15) is 0 Å². The third-order valence-electron chi connectivity index (χ3n) is 3.75. The lowest BCUT2D eigenvalue weighted by molar-refractivity contribution is 0.0978. The highest BCUT2D eigenvalue weighted by Crippen LogP contribution is 2.31. The number of ketones is 2. The zero-order valence-corrected chi connectivity index (χ0v) is 11.0. The molecule has 2 aromatic rings. The van der Waals surface area contributed by atoms with Crippen LogP contribution in [0.4, 0.5) is 0 Å². The topological polar surface area (TPSA) is 34.1 Å². The fourth-order valence-corrected chi connectivity index (χ4v) is 2.75. The molecular formula is C17H14O2. The van der Waals surface area contributed by atoms with Gasteiger partial charge < -0.3 is 0 Å². The molecule has 2 heteroatoms. The van der Waals surface area contributed by atoms with Gasteiger partial charge in [-0.25, -0.2) is 0 Å². The lowest BCUT2D eigenvalue weighted by Crippen LogP contribution is -2.23. The van der Waals surface area contributed by atoms with Gasteiger partial charge in [-0.1, -0.05) is 43.3 Å². The van der Waals surface area contributed by atoms with Gasteiger partial charge in [-0.3, -0.25) is 9.59 Å². The molecule has 0 saturated heterocycles. The molecular weight excluding hydrogens is 236 g/mol. The zero-order chi connectivity index (χ0) is 13.6. The monoisotopic (exact) mass is 250 g/mol. The van der Waals surface area contributed by atoms with Gasteiger partial charge in [-0.2, -0.15) is 0 Å². The largest absolute Gasteiger partial charge is 0.289 e. The molecule has 0 amide bonds. The Morgan fingerprint density at radius 3 is 2.00 bits per heavy atom. The van der Waals surface area contributed by atoms with Crippen LogP contribution in [0, 0.1) is 6.92 Å². The number of hydrogen-bond donors (Lipinski definition) is 0. The number of rotatable bonds is 1. The predicted molar refractivity (Wildman–Crippen MR) is 73.9 cm³/mol. The van der Waals surface area contributed by atoms with Crippen LogP contribution in [0.5, 0.6) is 0 Å². The minimum Gasteiger partial charge on any atom is -0.289 e. The van der Waals surface area contributed by atoms with Gasteiger partial charge in [0.15, 0.2) is 11.6 Å². The molecule has 0 unspecified atom stereocenters. The van der Waals surface area contributed by atoms with Crippen LogP contribution < -0.4 is 0 Å². The van der Waals surface area contributed by atoms with Gasteiger partial charge in [0.2, 0.25) is 0 Å². The van der Waals surface area contributed by atoms with Gasteiger partial charge in [0.25, 0.3) is 0 Å². The fourth-order valence-electron chi connectivity index (χ4n) is 2.75. The second-order valence-corrected chi connectivity index (χ2v) is 4.85. The van der Waals surface area contributed by atoms with E-state index in [1.54, 1.807) is 24.3 Å². The summed E-state index contributed by atoms with van der Waals surface area (Å²) in [7, 11) is 0. The summed E-state index contributed by atoms with van der Waals surface area (Å²) in [6.45, 7) is 3.89. The molecule has 0 bridgehead atoms. The molecule has 0 saturated carbocycles. The van der Waals surface area contributed by atoms with Crippen molar-refractivity contribution in [1.29, 1.82) is 0 Å². The first-order chi connectivity index (χ1) is 9.15. The molecule has 2 aromatic carbocycles. The van der Waals surface area contributed by atoms with Crippen molar-refractivity contribution in [3.63, 3.8) is 0 Å². The lowest BCUT2D eigenvalue weighted by Gasteiger charge is -2.21. The Hall–Kier alpha value is -2.22. The van der Waals surface area contributed by atoms with E-state index in [-0.39, 0.29) is 11.6 Å². The van der Waals surface area contributed by atoms with Crippen LogP contribution in [-0.4, -0.2) is 11.6 Å². The van der Waals surface area contributed by atoms with Crippen LogP contribution in [0.1, 0.15) is 49.9 Å². The van der Waals surface area contributed by atoms with Crippen LogP contribution in [0.15, 0.2) is 36.4 Å². The van der Waals surface area contributed by atoms with Crippen molar-refractivity contribution in [2.75, 3.05) is 0 Å². The predicted octanol–water partition coefficient (Wildman–Crippen LogP) is 3.33. The van der Waals surface area contributed by atoms with Gasteiger partial charge in [-0.05, 0) is 24.5 Å². The van der Waals surface area contributed by atoms with Crippen LogP contribution in [0.2, 0.25) is 0 Å². The first-order valence-electron chi connectivity index (χ1n) is 6.46. The normalized spacial score (nSPS) is 13.2. The number of benzene rings is 2. The van der Waals surface area contributed by atoms with Crippen molar-refractivity contribution in [2.24, 2.45) is 0 Å². The molecule has 0 aliphatic heterocycles. The molecule has 0 heterocycles. The lowest BCUT2D eigenvalue weighted by atomic mass is 9.79. The summed E-state index contributed by atoms with van der Waals surface area (Å²) in [5, 5.41) is 0. The zero-order valence-electron chi connectivity index (χ0n) is 11.0. The second-order valence-electron chi connectivity index (χ2n) is 4.85. The molecule has 0 radical (unpaired) electrons. The number of fused-ring (bicyclic) bond motifs is 2. The van der Waals surface area contributed by atoms with Crippen LogP contribution in [0.3, 0.4) is 0 Å². The van der Waals surface area contributed by atoms with Crippen molar-refractivity contribution in [3.05, 3.63) is 69.8 Å². The second kappa shape index (κ2) is 4.16. The summed E-state index contributed by atoms with van der Waals surface area (Å²) in [5.74, 6) is -0.0521. The molecule has 1 aliphatic carbocycles. The van der Waals surface area contributed by atoms with Crippen molar-refractivity contribution in [2.45, 2.75) is 20.3 Å². The van der Waals surface area contributed by atoms with E-state index in [9.17, 15) is 9.59 Å². The average Bonchev–Trinajstić information content (AvgIpc) is 2.44. The van der Waals surface area contributed by atoms with Gasteiger partial charge in [0.05, 0.1) is 0 Å². The molecule has 0 spiro atoms. The van der Waals surface area contributed by atoms with Crippen LogP contribution >= 0.6 is 0 Å². The highest BCUT2D eigenvalue weighted by atomic mass is 16.1. The minimum atomic E-state index is -0.0296. The van der Waals surface area contributed by atoms with E-state index in [0.29, 0.717) is 22.3 Å². The Balaban J connectivity index is 2.38. The van der Waals surface area contributed by atoms with Gasteiger partial charge in [-0.15, -0.1) is 0 Å². The summed E-state index contributed by atoms with van der Waals surface area (Å²) in [4.78, 5) is 25.2. The highest BCUT2D eigenvalue weighted by Gasteiger charge is 2.31. The average molecular weight is 250 g/mol. The standard InChI is InChI=1S/C17H14O2/c1-3-11-9-8-10(2)14-15(11)17(19)13-7-5-4-6-12(13)16(14)18/h4-9H,3H2,1-2H3. The van der Waals surface area contributed by atoms with Crippen molar-refractivity contribution < 1.29 is 9.59 Å². The van der Waals surface area contributed by atoms with Crippen molar-refractivity contribution in [3.8, 4) is 0 Å². The third kappa shape index (κ3) is 1.56. The van der Waals surface area contributed by atoms with Gasteiger partial charge >= 0.3 is 0 Å². The molecule has 2 nitrogen and oxygen atoms in total. The van der Waals surface area contributed by atoms with E-state index < -0.39 is 0 Å². The molecule has 3 rings (SSSR count). The van der Waals surface area contributed by atoms with E-state index in [1.807, 2.05) is 26.0 Å². The molecule has 0 fully saturated rings. The highest BCUT2D eigenvalue weighted by molar-refractivity contribution is 6.29. The Morgan fingerprint density at radius 1 is 0.842 bits per heavy atom. The third-order valence-corrected chi connectivity index (χ3v) is 3.75. The van der Waals surface area contributed by atoms with Crippen molar-refractivity contribution >= 4 is 11.6 Å². The Kier molecular flexibility index (Phi) is 2.59. The van der Waals surface area contributed by atoms with E-state index >= 15 is 0 Å². The molecule has 19 heavy (non-hydrogen) atoms. The van der Waals surface area contributed by atoms with Gasteiger partial charge in [0, 0.05) is 22.3 Å². The maximum atomic E-state index is 12.6. The molecule has 94 valence electrons. The SMILES string of the molecule is CCc1ccc(C)c2c1C(=O)c1ccccc1C2=O. The first kappa shape index (κ1) is 11.8. The smallest absolute Gasteiger partial charge is 0.194 e. The number of hydrogen-bond acceptors (Lipinski definition) is 2. The quantitative estimate of drug-likeness (QED) is 0.664. The molecule has 0 atom stereocenters. The maximum Gasteiger partial charge on any atom is 0.194 e. The Morgan fingerprint density at radius 2 is 1.42 bits per heavy atom. The Bertz CT molecular complexity index is 711.